The molecule has 0 aliphatic carbocycles. The van der Waals surface area contributed by atoms with Crippen LogP contribution in [0.1, 0.15) is 29.3 Å². The van der Waals surface area contributed by atoms with Crippen molar-refractivity contribution in [2.75, 3.05) is 6.79 Å². The molecule has 4 rings (SSSR count). The second-order valence-electron chi connectivity index (χ2n) is 6.69. The van der Waals surface area contributed by atoms with Crippen LogP contribution < -0.4 is 14.9 Å². The normalized spacial score (nSPS) is 13.0. The summed E-state index contributed by atoms with van der Waals surface area (Å²) in [7, 11) is 0. The molecule has 2 N–H and O–H groups in total. The first-order valence-corrected chi connectivity index (χ1v) is 9.04. The number of rotatable bonds is 5. The Morgan fingerprint density at radius 3 is 2.64 bits per heavy atom. The number of phenols is 1. The summed E-state index contributed by atoms with van der Waals surface area (Å²) in [5, 5.41) is 16.1. The SMILES string of the molecule is C/C(CCc1ccc2c(c1)OCO2)=N\NC(=O)c1cc2ccccc2cc1O. The Hall–Kier alpha value is -3.54. The van der Waals surface area contributed by atoms with Crippen LogP contribution in [-0.4, -0.2) is 23.5 Å². The second-order valence-corrected chi connectivity index (χ2v) is 6.69. The zero-order chi connectivity index (χ0) is 19.5. The molecule has 0 unspecified atom stereocenters. The van der Waals surface area contributed by atoms with Crippen molar-refractivity contribution in [3.8, 4) is 17.2 Å². The summed E-state index contributed by atoms with van der Waals surface area (Å²) in [6.45, 7) is 2.11. The van der Waals surface area contributed by atoms with E-state index < -0.39 is 5.91 Å². The minimum Gasteiger partial charge on any atom is -0.507 e. The lowest BCUT2D eigenvalue weighted by Gasteiger charge is -2.07. The fourth-order valence-electron chi connectivity index (χ4n) is 3.09. The van der Waals surface area contributed by atoms with Crippen LogP contribution in [0.3, 0.4) is 0 Å². The molecule has 1 amide bonds. The molecule has 1 aliphatic heterocycles. The quantitative estimate of drug-likeness (QED) is 0.521. The third-order valence-electron chi connectivity index (χ3n) is 4.67. The third-order valence-corrected chi connectivity index (χ3v) is 4.67. The van der Waals surface area contributed by atoms with Crippen LogP contribution in [0.4, 0.5) is 0 Å². The van der Waals surface area contributed by atoms with E-state index in [4.69, 9.17) is 9.47 Å². The largest absolute Gasteiger partial charge is 0.507 e. The van der Waals surface area contributed by atoms with Gasteiger partial charge in [-0.2, -0.15) is 5.10 Å². The Labute approximate surface area is 162 Å². The van der Waals surface area contributed by atoms with Crippen LogP contribution in [0.15, 0.2) is 59.7 Å². The number of carbonyl (C=O) groups is 1. The highest BCUT2D eigenvalue weighted by Crippen LogP contribution is 2.32. The zero-order valence-electron chi connectivity index (χ0n) is 15.4. The lowest BCUT2D eigenvalue weighted by atomic mass is 10.1. The number of carbonyl (C=O) groups excluding carboxylic acids is 1. The fourth-order valence-corrected chi connectivity index (χ4v) is 3.09. The zero-order valence-corrected chi connectivity index (χ0v) is 15.4. The molecule has 3 aromatic rings. The number of nitrogens with one attached hydrogen (secondary N) is 1. The molecule has 0 spiro atoms. The van der Waals surface area contributed by atoms with E-state index >= 15 is 0 Å². The molecule has 0 aromatic heterocycles. The molecule has 0 atom stereocenters. The predicted octanol–water partition coefficient (Wildman–Crippen LogP) is 4.01. The summed E-state index contributed by atoms with van der Waals surface area (Å²) in [6, 6.07) is 16.6. The highest BCUT2D eigenvalue weighted by Gasteiger charge is 2.14. The van der Waals surface area contributed by atoms with Gasteiger partial charge in [-0.1, -0.05) is 30.3 Å². The number of aryl methyl sites for hydroxylation is 1. The molecule has 0 bridgehead atoms. The lowest BCUT2D eigenvalue weighted by Crippen LogP contribution is -2.19. The standard InChI is InChI=1S/C22H20N2O4/c1-14(6-7-15-8-9-20-21(10-15)28-13-27-20)23-24-22(26)18-11-16-4-2-3-5-17(16)12-19(18)25/h2-5,8-12,25H,6-7,13H2,1H3,(H,24,26)/b23-14+. The smallest absolute Gasteiger partial charge is 0.275 e. The molecule has 0 radical (unpaired) electrons. The second kappa shape index (κ2) is 7.60. The van der Waals surface area contributed by atoms with Gasteiger partial charge in [-0.05, 0) is 60.4 Å². The Morgan fingerprint density at radius 2 is 1.82 bits per heavy atom. The van der Waals surface area contributed by atoms with Gasteiger partial charge in [0.05, 0.1) is 5.56 Å². The van der Waals surface area contributed by atoms with Gasteiger partial charge < -0.3 is 14.6 Å². The van der Waals surface area contributed by atoms with Gasteiger partial charge in [0, 0.05) is 5.71 Å². The number of hydrazone groups is 1. The Kier molecular flexibility index (Phi) is 4.85. The van der Waals surface area contributed by atoms with E-state index in [1.165, 1.54) is 0 Å². The van der Waals surface area contributed by atoms with Crippen molar-refractivity contribution in [2.45, 2.75) is 19.8 Å². The minimum atomic E-state index is -0.439. The highest BCUT2D eigenvalue weighted by atomic mass is 16.7. The molecule has 142 valence electrons. The molecule has 0 fully saturated rings. The van der Waals surface area contributed by atoms with Crippen molar-refractivity contribution in [2.24, 2.45) is 5.10 Å². The van der Waals surface area contributed by atoms with Crippen molar-refractivity contribution in [3.63, 3.8) is 0 Å². The number of ether oxygens (including phenoxy) is 2. The van der Waals surface area contributed by atoms with Crippen molar-refractivity contribution < 1.29 is 19.4 Å². The van der Waals surface area contributed by atoms with Crippen LogP contribution in [0.25, 0.3) is 10.8 Å². The number of amides is 1. The van der Waals surface area contributed by atoms with Crippen molar-refractivity contribution in [1.82, 2.24) is 5.43 Å². The number of fused-ring (bicyclic) bond motifs is 2. The fraction of sp³-hybridized carbons (Fsp3) is 0.182. The molecule has 0 saturated carbocycles. The highest BCUT2D eigenvalue weighted by molar-refractivity contribution is 6.01. The van der Waals surface area contributed by atoms with E-state index in [0.29, 0.717) is 6.42 Å². The lowest BCUT2D eigenvalue weighted by molar-refractivity contribution is 0.0952. The Bertz CT molecular complexity index is 1080. The molecule has 1 aliphatic rings. The van der Waals surface area contributed by atoms with Crippen LogP contribution in [0, 0.1) is 0 Å². The average molecular weight is 376 g/mol. The first-order valence-electron chi connectivity index (χ1n) is 9.04. The molecule has 3 aromatic carbocycles. The number of benzene rings is 3. The first kappa shape index (κ1) is 17.9. The van der Waals surface area contributed by atoms with Gasteiger partial charge >= 0.3 is 0 Å². The number of hydrogen-bond acceptors (Lipinski definition) is 5. The summed E-state index contributed by atoms with van der Waals surface area (Å²) >= 11 is 0. The number of hydrogen-bond donors (Lipinski definition) is 2. The topological polar surface area (TPSA) is 80.2 Å². The van der Waals surface area contributed by atoms with Gasteiger partial charge in [0.25, 0.3) is 5.91 Å². The maximum atomic E-state index is 12.4. The Morgan fingerprint density at radius 1 is 1.07 bits per heavy atom. The van der Waals surface area contributed by atoms with Crippen molar-refractivity contribution >= 4 is 22.4 Å². The number of aromatic hydroxyl groups is 1. The molecule has 1 heterocycles. The van der Waals surface area contributed by atoms with Crippen molar-refractivity contribution in [1.29, 1.82) is 0 Å². The van der Waals surface area contributed by atoms with Gasteiger partial charge in [0.2, 0.25) is 6.79 Å². The third kappa shape index (κ3) is 3.76. The van der Waals surface area contributed by atoms with Gasteiger partial charge in [-0.25, -0.2) is 5.43 Å². The van der Waals surface area contributed by atoms with Crippen LogP contribution in [0.5, 0.6) is 17.2 Å². The molecule has 6 heteroatoms. The molecule has 6 nitrogen and oxygen atoms in total. The maximum Gasteiger partial charge on any atom is 0.275 e. The Balaban J connectivity index is 1.39. The first-order chi connectivity index (χ1) is 13.6. The van der Waals surface area contributed by atoms with E-state index in [-0.39, 0.29) is 18.1 Å². The van der Waals surface area contributed by atoms with Crippen LogP contribution in [-0.2, 0) is 6.42 Å². The average Bonchev–Trinajstić information content (AvgIpc) is 3.17. The maximum absolute atomic E-state index is 12.4. The summed E-state index contributed by atoms with van der Waals surface area (Å²) in [6.07, 6.45) is 1.45. The summed E-state index contributed by atoms with van der Waals surface area (Å²) < 4.78 is 10.7. The molecular weight excluding hydrogens is 356 g/mol. The predicted molar refractivity (Wildman–Crippen MR) is 107 cm³/mol. The number of phenolic OH excluding ortho intramolecular Hbond substituents is 1. The molecular formula is C22H20N2O4. The van der Waals surface area contributed by atoms with Crippen LogP contribution in [0.2, 0.25) is 0 Å². The van der Waals surface area contributed by atoms with Gasteiger partial charge in [-0.3, -0.25) is 4.79 Å². The summed E-state index contributed by atoms with van der Waals surface area (Å²) in [5.41, 5.74) is 4.62. The van der Waals surface area contributed by atoms with E-state index in [1.807, 2.05) is 49.4 Å². The van der Waals surface area contributed by atoms with E-state index in [0.717, 1.165) is 40.0 Å². The van der Waals surface area contributed by atoms with E-state index in [9.17, 15) is 9.90 Å². The summed E-state index contributed by atoms with van der Waals surface area (Å²) in [4.78, 5) is 12.4. The molecule has 0 saturated heterocycles. The van der Waals surface area contributed by atoms with Crippen LogP contribution >= 0.6 is 0 Å². The van der Waals surface area contributed by atoms with E-state index in [2.05, 4.69) is 10.5 Å². The van der Waals surface area contributed by atoms with E-state index in [1.54, 1.807) is 12.1 Å². The summed E-state index contributed by atoms with van der Waals surface area (Å²) in [5.74, 6) is 1.01. The minimum absolute atomic E-state index is 0.0654. The van der Waals surface area contributed by atoms with Gasteiger partial charge in [0.15, 0.2) is 11.5 Å². The van der Waals surface area contributed by atoms with Crippen molar-refractivity contribution in [3.05, 3.63) is 65.7 Å². The molecule has 28 heavy (non-hydrogen) atoms. The van der Waals surface area contributed by atoms with Gasteiger partial charge in [0.1, 0.15) is 5.75 Å². The van der Waals surface area contributed by atoms with Gasteiger partial charge in [-0.15, -0.1) is 0 Å². The monoisotopic (exact) mass is 376 g/mol. The number of nitrogens with zero attached hydrogens (tertiary/aromatic N) is 1.